The third-order valence-corrected chi connectivity index (χ3v) is 4.89. The van der Waals surface area contributed by atoms with Crippen LogP contribution in [0.1, 0.15) is 17.9 Å². The summed E-state index contributed by atoms with van der Waals surface area (Å²) in [6.45, 7) is 2.47. The molecule has 1 aliphatic rings. The van der Waals surface area contributed by atoms with Crippen LogP contribution < -0.4 is 9.64 Å². The molecule has 1 amide bonds. The van der Waals surface area contributed by atoms with E-state index in [1.165, 1.54) is 17.8 Å². The zero-order valence-corrected chi connectivity index (χ0v) is 13.9. The van der Waals surface area contributed by atoms with Crippen LogP contribution in [0.5, 0.6) is 5.75 Å². The Morgan fingerprint density at radius 3 is 2.62 bits per heavy atom. The first-order valence-electron chi connectivity index (χ1n) is 7.51. The smallest absolute Gasteiger partial charge is 0.275 e. The molecule has 24 heavy (non-hydrogen) atoms. The molecule has 2 aromatic carbocycles. The third kappa shape index (κ3) is 3.07. The molecule has 0 saturated carbocycles. The van der Waals surface area contributed by atoms with Gasteiger partial charge in [-0.25, -0.2) is 0 Å². The Kier molecular flexibility index (Phi) is 4.71. The molecule has 1 aliphatic heterocycles. The Labute approximate surface area is 143 Å². The number of anilines is 1. The second-order valence-electron chi connectivity index (χ2n) is 5.17. The van der Waals surface area contributed by atoms with E-state index in [4.69, 9.17) is 4.74 Å². The number of rotatable bonds is 5. The standard InChI is InChI=1S/C17H16N2O4S/c1-2-23-13-9-7-12(8-10-13)18-16(20)11-24-17(18)14-5-3-4-6-15(14)19(21)22/h3-10,17H,2,11H2,1H3. The Morgan fingerprint density at radius 1 is 1.25 bits per heavy atom. The van der Waals surface area contributed by atoms with Crippen LogP contribution in [-0.4, -0.2) is 23.2 Å². The molecule has 7 heteroatoms. The Hall–Kier alpha value is -2.54. The molecular formula is C17H16N2O4S. The lowest BCUT2D eigenvalue weighted by Crippen LogP contribution is -2.28. The molecule has 3 rings (SSSR count). The number of nitro benzene ring substituents is 1. The van der Waals surface area contributed by atoms with Gasteiger partial charge in [0.2, 0.25) is 5.91 Å². The fourth-order valence-corrected chi connectivity index (χ4v) is 3.87. The molecule has 0 bridgehead atoms. The van der Waals surface area contributed by atoms with Gasteiger partial charge in [0.15, 0.2) is 0 Å². The largest absolute Gasteiger partial charge is 0.494 e. The molecule has 1 fully saturated rings. The van der Waals surface area contributed by atoms with Crippen LogP contribution in [0.4, 0.5) is 11.4 Å². The minimum atomic E-state index is -0.408. The number of hydrogen-bond donors (Lipinski definition) is 0. The van der Waals surface area contributed by atoms with Crippen molar-refractivity contribution in [3.63, 3.8) is 0 Å². The van der Waals surface area contributed by atoms with Crippen molar-refractivity contribution in [3.8, 4) is 5.75 Å². The predicted molar refractivity (Wildman–Crippen MR) is 93.4 cm³/mol. The summed E-state index contributed by atoms with van der Waals surface area (Å²) >= 11 is 1.39. The Bertz CT molecular complexity index is 763. The van der Waals surface area contributed by atoms with Crippen molar-refractivity contribution >= 4 is 29.0 Å². The van der Waals surface area contributed by atoms with E-state index in [2.05, 4.69) is 0 Å². The molecule has 124 valence electrons. The number of hydrogen-bond acceptors (Lipinski definition) is 5. The highest BCUT2D eigenvalue weighted by Gasteiger charge is 2.37. The van der Waals surface area contributed by atoms with Crippen LogP contribution in [-0.2, 0) is 4.79 Å². The number of carbonyl (C=O) groups excluding carboxylic acids is 1. The van der Waals surface area contributed by atoms with E-state index in [9.17, 15) is 14.9 Å². The topological polar surface area (TPSA) is 72.7 Å². The molecule has 0 N–H and O–H groups in total. The normalized spacial score (nSPS) is 17.1. The summed E-state index contributed by atoms with van der Waals surface area (Å²) in [5.74, 6) is 0.958. The van der Waals surface area contributed by atoms with Crippen LogP contribution in [0.3, 0.4) is 0 Å². The minimum absolute atomic E-state index is 0.0284. The monoisotopic (exact) mass is 344 g/mol. The van der Waals surface area contributed by atoms with Gasteiger partial charge in [0.1, 0.15) is 11.1 Å². The molecule has 1 atom stereocenters. The SMILES string of the molecule is CCOc1ccc(N2C(=O)CSC2c2ccccc2[N+](=O)[O-])cc1. The highest BCUT2D eigenvalue weighted by Crippen LogP contribution is 2.44. The summed E-state index contributed by atoms with van der Waals surface area (Å²) in [4.78, 5) is 24.9. The van der Waals surface area contributed by atoms with Crippen LogP contribution in [0, 0.1) is 10.1 Å². The number of ether oxygens (including phenoxy) is 1. The molecule has 6 nitrogen and oxygen atoms in total. The van der Waals surface area contributed by atoms with Gasteiger partial charge in [-0.05, 0) is 37.3 Å². The van der Waals surface area contributed by atoms with Gasteiger partial charge in [0, 0.05) is 11.8 Å². The number of nitrogens with zero attached hydrogens (tertiary/aromatic N) is 2. The fourth-order valence-electron chi connectivity index (χ4n) is 2.67. The number of para-hydroxylation sites is 1. The second kappa shape index (κ2) is 6.92. The van der Waals surface area contributed by atoms with E-state index in [-0.39, 0.29) is 11.6 Å². The maximum atomic E-state index is 12.4. The van der Waals surface area contributed by atoms with Gasteiger partial charge in [0.05, 0.1) is 22.8 Å². The van der Waals surface area contributed by atoms with Gasteiger partial charge >= 0.3 is 0 Å². The lowest BCUT2D eigenvalue weighted by molar-refractivity contribution is -0.385. The predicted octanol–water partition coefficient (Wildman–Crippen LogP) is 3.77. The lowest BCUT2D eigenvalue weighted by Gasteiger charge is -2.24. The first kappa shape index (κ1) is 16.3. The Balaban J connectivity index is 1.97. The molecule has 1 unspecified atom stereocenters. The number of amides is 1. The van der Waals surface area contributed by atoms with Gasteiger partial charge in [-0.15, -0.1) is 11.8 Å². The molecule has 0 spiro atoms. The minimum Gasteiger partial charge on any atom is -0.494 e. The summed E-state index contributed by atoms with van der Waals surface area (Å²) in [6.07, 6.45) is 0. The summed E-state index contributed by atoms with van der Waals surface area (Å²) in [5.41, 5.74) is 1.27. The van der Waals surface area contributed by atoms with E-state index in [0.29, 0.717) is 23.6 Å². The summed E-state index contributed by atoms with van der Waals surface area (Å²) in [6, 6.07) is 13.8. The molecule has 2 aromatic rings. The van der Waals surface area contributed by atoms with Gasteiger partial charge in [0.25, 0.3) is 5.69 Å². The fraction of sp³-hybridized carbons (Fsp3) is 0.235. The van der Waals surface area contributed by atoms with Crippen molar-refractivity contribution in [2.75, 3.05) is 17.3 Å². The maximum absolute atomic E-state index is 12.4. The number of benzene rings is 2. The Morgan fingerprint density at radius 2 is 1.96 bits per heavy atom. The first-order chi connectivity index (χ1) is 11.6. The van der Waals surface area contributed by atoms with Crippen LogP contribution in [0.25, 0.3) is 0 Å². The zero-order chi connectivity index (χ0) is 17.1. The molecule has 1 saturated heterocycles. The quantitative estimate of drug-likeness (QED) is 0.610. The summed E-state index contributed by atoms with van der Waals surface area (Å²) < 4.78 is 5.41. The second-order valence-corrected chi connectivity index (χ2v) is 6.24. The first-order valence-corrected chi connectivity index (χ1v) is 8.56. The average Bonchev–Trinajstić information content (AvgIpc) is 2.97. The highest BCUT2D eigenvalue weighted by molar-refractivity contribution is 8.00. The van der Waals surface area contributed by atoms with Crippen molar-refractivity contribution in [3.05, 3.63) is 64.2 Å². The van der Waals surface area contributed by atoms with Gasteiger partial charge in [-0.2, -0.15) is 0 Å². The third-order valence-electron chi connectivity index (χ3n) is 3.69. The van der Waals surface area contributed by atoms with E-state index in [0.717, 1.165) is 5.75 Å². The van der Waals surface area contributed by atoms with Gasteiger partial charge in [-0.3, -0.25) is 19.8 Å². The molecule has 0 aliphatic carbocycles. The molecule has 0 aromatic heterocycles. The summed E-state index contributed by atoms with van der Waals surface area (Å²) in [7, 11) is 0. The number of nitro groups is 1. The lowest BCUT2D eigenvalue weighted by atomic mass is 10.1. The van der Waals surface area contributed by atoms with Crippen molar-refractivity contribution in [1.82, 2.24) is 0 Å². The van der Waals surface area contributed by atoms with E-state index < -0.39 is 10.3 Å². The summed E-state index contributed by atoms with van der Waals surface area (Å²) in [5, 5.41) is 10.9. The highest BCUT2D eigenvalue weighted by atomic mass is 32.2. The van der Waals surface area contributed by atoms with E-state index >= 15 is 0 Å². The van der Waals surface area contributed by atoms with Gasteiger partial charge in [-0.1, -0.05) is 12.1 Å². The average molecular weight is 344 g/mol. The van der Waals surface area contributed by atoms with E-state index in [1.54, 1.807) is 47.4 Å². The molecule has 0 radical (unpaired) electrons. The van der Waals surface area contributed by atoms with Gasteiger partial charge < -0.3 is 4.74 Å². The van der Waals surface area contributed by atoms with E-state index in [1.807, 2.05) is 6.92 Å². The van der Waals surface area contributed by atoms with Crippen LogP contribution in [0.15, 0.2) is 48.5 Å². The number of thioether (sulfide) groups is 1. The van der Waals surface area contributed by atoms with Crippen molar-refractivity contribution in [2.24, 2.45) is 0 Å². The molecule has 1 heterocycles. The van der Waals surface area contributed by atoms with Crippen LogP contribution >= 0.6 is 11.8 Å². The van der Waals surface area contributed by atoms with Crippen molar-refractivity contribution in [2.45, 2.75) is 12.3 Å². The van der Waals surface area contributed by atoms with Crippen molar-refractivity contribution < 1.29 is 14.5 Å². The van der Waals surface area contributed by atoms with Crippen molar-refractivity contribution in [1.29, 1.82) is 0 Å². The maximum Gasteiger partial charge on any atom is 0.275 e. The zero-order valence-electron chi connectivity index (χ0n) is 13.0. The number of carbonyl (C=O) groups is 1. The van der Waals surface area contributed by atoms with Crippen LogP contribution in [0.2, 0.25) is 0 Å². The molecular weight excluding hydrogens is 328 g/mol.